The average Bonchev–Trinajstić information content (AvgIpc) is 2.48. The van der Waals surface area contributed by atoms with Crippen molar-refractivity contribution in [1.29, 1.82) is 0 Å². The molecule has 21 heavy (non-hydrogen) atoms. The van der Waals surface area contributed by atoms with Gasteiger partial charge >= 0.3 is 6.18 Å². The summed E-state index contributed by atoms with van der Waals surface area (Å²) in [6.45, 7) is 2.26. The molecule has 0 aliphatic rings. The number of halogens is 3. The Morgan fingerprint density at radius 2 is 1.81 bits per heavy atom. The van der Waals surface area contributed by atoms with Crippen LogP contribution in [0, 0.1) is 0 Å². The fraction of sp³-hybridized carbons (Fsp3) is 0.385. The number of hydrogen-bond donors (Lipinski definition) is 1. The van der Waals surface area contributed by atoms with E-state index in [0.717, 1.165) is 18.8 Å². The summed E-state index contributed by atoms with van der Waals surface area (Å²) in [5.41, 5.74) is -0.568. The highest BCUT2D eigenvalue weighted by molar-refractivity contribution is 5.06. The lowest BCUT2D eigenvalue weighted by Crippen LogP contribution is -2.23. The van der Waals surface area contributed by atoms with Gasteiger partial charge in [-0.2, -0.15) is 13.2 Å². The van der Waals surface area contributed by atoms with E-state index in [0.29, 0.717) is 18.1 Å². The summed E-state index contributed by atoms with van der Waals surface area (Å²) in [4.78, 5) is 15.4. The Morgan fingerprint density at radius 1 is 1.10 bits per heavy atom. The first kappa shape index (κ1) is 15.3. The second kappa shape index (κ2) is 6.57. The predicted molar refractivity (Wildman–Crippen MR) is 68.9 cm³/mol. The van der Waals surface area contributed by atoms with Crippen molar-refractivity contribution >= 4 is 0 Å². The average molecular weight is 297 g/mol. The highest BCUT2D eigenvalue weighted by atomic mass is 19.4. The van der Waals surface area contributed by atoms with E-state index < -0.39 is 11.9 Å². The molecule has 0 saturated carbocycles. The van der Waals surface area contributed by atoms with E-state index in [1.165, 1.54) is 0 Å². The standard InChI is InChI=1S/C13H14F3N5/c1-2-10(12-17-4-3-5-18-12)20-6-9-7-21-11(8-19-9)13(14,15)16/h3-5,7-8,10,20H,2,6H2,1H3. The second-order valence-corrected chi connectivity index (χ2v) is 4.34. The Kier molecular flexibility index (Phi) is 4.79. The van der Waals surface area contributed by atoms with Gasteiger partial charge in [0.25, 0.3) is 0 Å². The van der Waals surface area contributed by atoms with Gasteiger partial charge in [0, 0.05) is 18.9 Å². The van der Waals surface area contributed by atoms with E-state index in [4.69, 9.17) is 0 Å². The first-order chi connectivity index (χ1) is 10.0. The normalized spacial score (nSPS) is 13.1. The van der Waals surface area contributed by atoms with E-state index in [1.54, 1.807) is 18.5 Å². The smallest absolute Gasteiger partial charge is 0.302 e. The molecule has 5 nitrogen and oxygen atoms in total. The second-order valence-electron chi connectivity index (χ2n) is 4.34. The van der Waals surface area contributed by atoms with Crippen molar-refractivity contribution in [3.63, 3.8) is 0 Å². The zero-order valence-electron chi connectivity index (χ0n) is 11.3. The molecule has 0 aliphatic heterocycles. The molecule has 0 aliphatic carbocycles. The minimum Gasteiger partial charge on any atom is -0.302 e. The lowest BCUT2D eigenvalue weighted by atomic mass is 10.2. The summed E-state index contributed by atoms with van der Waals surface area (Å²) in [5.74, 6) is 0.639. The van der Waals surface area contributed by atoms with Gasteiger partial charge in [-0.15, -0.1) is 0 Å². The van der Waals surface area contributed by atoms with Crippen LogP contribution in [0.25, 0.3) is 0 Å². The first-order valence-corrected chi connectivity index (χ1v) is 6.39. The molecule has 0 fully saturated rings. The number of aromatic nitrogens is 4. The topological polar surface area (TPSA) is 63.6 Å². The van der Waals surface area contributed by atoms with Gasteiger partial charge in [-0.25, -0.2) is 15.0 Å². The molecule has 2 aromatic rings. The fourth-order valence-electron chi connectivity index (χ4n) is 1.73. The van der Waals surface area contributed by atoms with Crippen molar-refractivity contribution < 1.29 is 13.2 Å². The predicted octanol–water partition coefficient (Wildman–Crippen LogP) is 2.53. The van der Waals surface area contributed by atoms with E-state index in [-0.39, 0.29) is 6.04 Å². The number of nitrogens with one attached hydrogen (secondary N) is 1. The summed E-state index contributed by atoms with van der Waals surface area (Å²) in [6, 6.07) is 1.63. The van der Waals surface area contributed by atoms with Gasteiger partial charge in [0.1, 0.15) is 5.82 Å². The van der Waals surface area contributed by atoms with Gasteiger partial charge in [-0.05, 0) is 12.5 Å². The van der Waals surface area contributed by atoms with Crippen LogP contribution in [-0.4, -0.2) is 19.9 Å². The molecule has 0 spiro atoms. The third kappa shape index (κ3) is 4.19. The molecule has 0 amide bonds. The molecule has 0 bridgehead atoms. The Hall–Kier alpha value is -2.09. The van der Waals surface area contributed by atoms with Crippen LogP contribution in [0.15, 0.2) is 30.9 Å². The van der Waals surface area contributed by atoms with Gasteiger partial charge in [0.2, 0.25) is 0 Å². The van der Waals surface area contributed by atoms with Crippen LogP contribution in [-0.2, 0) is 12.7 Å². The quantitative estimate of drug-likeness (QED) is 0.918. The van der Waals surface area contributed by atoms with Crippen LogP contribution in [0.1, 0.15) is 36.6 Å². The minimum atomic E-state index is -4.47. The molecule has 1 N–H and O–H groups in total. The van der Waals surface area contributed by atoms with E-state index in [2.05, 4.69) is 25.3 Å². The van der Waals surface area contributed by atoms with Crippen LogP contribution in [0.4, 0.5) is 13.2 Å². The number of hydrogen-bond acceptors (Lipinski definition) is 5. The SMILES string of the molecule is CCC(NCc1cnc(C(F)(F)F)cn1)c1ncccn1. The fourth-order valence-corrected chi connectivity index (χ4v) is 1.73. The molecule has 2 heterocycles. The van der Waals surface area contributed by atoms with Crippen molar-refractivity contribution in [2.24, 2.45) is 0 Å². The molecule has 1 unspecified atom stereocenters. The minimum absolute atomic E-state index is 0.0877. The molecular weight excluding hydrogens is 283 g/mol. The van der Waals surface area contributed by atoms with E-state index in [9.17, 15) is 13.2 Å². The zero-order valence-corrected chi connectivity index (χ0v) is 11.3. The van der Waals surface area contributed by atoms with Crippen molar-refractivity contribution in [3.05, 3.63) is 48.1 Å². The third-order valence-corrected chi connectivity index (χ3v) is 2.83. The molecule has 8 heteroatoms. The Labute approximate surface area is 119 Å². The monoisotopic (exact) mass is 297 g/mol. The van der Waals surface area contributed by atoms with Crippen LogP contribution >= 0.6 is 0 Å². The number of alkyl halides is 3. The van der Waals surface area contributed by atoms with Gasteiger partial charge < -0.3 is 5.32 Å². The Morgan fingerprint density at radius 3 is 2.33 bits per heavy atom. The molecule has 1 atom stereocenters. The Bertz CT molecular complexity index is 556. The maximum atomic E-state index is 12.4. The maximum Gasteiger partial charge on any atom is 0.434 e. The van der Waals surface area contributed by atoms with Crippen LogP contribution in [0.5, 0.6) is 0 Å². The van der Waals surface area contributed by atoms with Crippen molar-refractivity contribution in [2.75, 3.05) is 0 Å². The van der Waals surface area contributed by atoms with Gasteiger partial charge in [-0.1, -0.05) is 6.92 Å². The van der Waals surface area contributed by atoms with Gasteiger partial charge in [0.05, 0.1) is 24.1 Å². The van der Waals surface area contributed by atoms with Crippen molar-refractivity contribution in [1.82, 2.24) is 25.3 Å². The highest BCUT2D eigenvalue weighted by Gasteiger charge is 2.32. The molecular formula is C13H14F3N5. The molecule has 2 aromatic heterocycles. The summed E-state index contributed by atoms with van der Waals surface area (Å²) in [5, 5.41) is 3.15. The van der Waals surface area contributed by atoms with E-state index >= 15 is 0 Å². The van der Waals surface area contributed by atoms with Crippen molar-refractivity contribution in [3.8, 4) is 0 Å². The summed E-state index contributed by atoms with van der Waals surface area (Å²) >= 11 is 0. The van der Waals surface area contributed by atoms with Gasteiger partial charge in [0.15, 0.2) is 5.69 Å². The molecule has 2 rings (SSSR count). The molecule has 0 aromatic carbocycles. The zero-order chi connectivity index (χ0) is 15.3. The number of nitrogens with zero attached hydrogens (tertiary/aromatic N) is 4. The molecule has 0 radical (unpaired) electrons. The van der Waals surface area contributed by atoms with E-state index in [1.807, 2.05) is 6.92 Å². The summed E-state index contributed by atoms with van der Waals surface area (Å²) in [7, 11) is 0. The largest absolute Gasteiger partial charge is 0.434 e. The molecule has 0 saturated heterocycles. The first-order valence-electron chi connectivity index (χ1n) is 6.39. The number of rotatable bonds is 5. The summed E-state index contributed by atoms with van der Waals surface area (Å²) in [6.07, 6.45) is 1.42. The Balaban J connectivity index is 1.99. The van der Waals surface area contributed by atoms with Crippen LogP contribution in [0.2, 0.25) is 0 Å². The van der Waals surface area contributed by atoms with Crippen LogP contribution < -0.4 is 5.32 Å². The highest BCUT2D eigenvalue weighted by Crippen LogP contribution is 2.26. The summed E-state index contributed by atoms with van der Waals surface area (Å²) < 4.78 is 37.1. The lowest BCUT2D eigenvalue weighted by Gasteiger charge is -2.15. The van der Waals surface area contributed by atoms with Crippen molar-refractivity contribution in [2.45, 2.75) is 32.1 Å². The third-order valence-electron chi connectivity index (χ3n) is 2.83. The lowest BCUT2D eigenvalue weighted by molar-refractivity contribution is -0.141. The van der Waals surface area contributed by atoms with Gasteiger partial charge in [-0.3, -0.25) is 4.98 Å². The van der Waals surface area contributed by atoms with Crippen LogP contribution in [0.3, 0.4) is 0 Å². The molecule has 112 valence electrons. The maximum absolute atomic E-state index is 12.4.